The number of nitrogens with one attached hydrogen (secondary N) is 1. The number of rotatable bonds is 5. The third-order valence-corrected chi connectivity index (χ3v) is 3.91. The highest BCUT2D eigenvalue weighted by Gasteiger charge is 2.42. The van der Waals surface area contributed by atoms with Gasteiger partial charge in [0.05, 0.1) is 24.4 Å². The van der Waals surface area contributed by atoms with E-state index in [9.17, 15) is 0 Å². The molecule has 2 rings (SSSR count). The molecule has 1 spiro atoms. The highest BCUT2D eigenvalue weighted by atomic mass is 16.6. The van der Waals surface area contributed by atoms with Crippen LogP contribution in [0.4, 0.5) is 0 Å². The second-order valence-electron chi connectivity index (χ2n) is 5.37. The molecule has 0 radical (unpaired) electrons. The Balaban J connectivity index is 1.68. The molecular formula is C13H25NO2. The van der Waals surface area contributed by atoms with Crippen molar-refractivity contribution in [3.63, 3.8) is 0 Å². The molecule has 3 heteroatoms. The molecule has 2 atom stereocenters. The molecule has 0 bridgehead atoms. The fourth-order valence-corrected chi connectivity index (χ4v) is 3.02. The maximum Gasteiger partial charge on any atom is 0.0817 e. The summed E-state index contributed by atoms with van der Waals surface area (Å²) >= 11 is 0. The van der Waals surface area contributed by atoms with Gasteiger partial charge in [0.2, 0.25) is 0 Å². The number of ether oxygens (including phenoxy) is 2. The lowest BCUT2D eigenvalue weighted by atomic mass is 9.98. The lowest BCUT2D eigenvalue weighted by molar-refractivity contribution is -0.0787. The second kappa shape index (κ2) is 5.48. The average molecular weight is 227 g/mol. The van der Waals surface area contributed by atoms with E-state index in [1.807, 2.05) is 7.05 Å². The van der Waals surface area contributed by atoms with E-state index in [1.54, 1.807) is 0 Å². The smallest absolute Gasteiger partial charge is 0.0817 e. The van der Waals surface area contributed by atoms with Crippen LogP contribution in [-0.2, 0) is 9.47 Å². The van der Waals surface area contributed by atoms with Crippen molar-refractivity contribution in [3.05, 3.63) is 0 Å². The molecule has 0 aromatic heterocycles. The summed E-state index contributed by atoms with van der Waals surface area (Å²) in [6.07, 6.45) is 8.32. The van der Waals surface area contributed by atoms with Crippen LogP contribution in [0.25, 0.3) is 0 Å². The van der Waals surface area contributed by atoms with Crippen LogP contribution in [0, 0.1) is 0 Å². The standard InChI is InChI=1S/C13H25NO2/c1-11(9-14-2)15-10-12-5-8-13(16-12)6-3-4-7-13/h11-12,14H,3-10H2,1-2H3. The van der Waals surface area contributed by atoms with E-state index in [2.05, 4.69) is 12.2 Å². The first-order chi connectivity index (χ1) is 7.74. The summed E-state index contributed by atoms with van der Waals surface area (Å²) < 4.78 is 12.0. The molecule has 2 unspecified atom stereocenters. The van der Waals surface area contributed by atoms with E-state index in [-0.39, 0.29) is 11.7 Å². The van der Waals surface area contributed by atoms with Crippen LogP contribution < -0.4 is 5.32 Å². The van der Waals surface area contributed by atoms with Crippen molar-refractivity contribution < 1.29 is 9.47 Å². The first-order valence-electron chi connectivity index (χ1n) is 6.68. The summed E-state index contributed by atoms with van der Waals surface area (Å²) in [6, 6.07) is 0. The van der Waals surface area contributed by atoms with Crippen molar-refractivity contribution in [1.82, 2.24) is 5.32 Å². The van der Waals surface area contributed by atoms with Gasteiger partial charge in [-0.05, 0) is 39.7 Å². The third-order valence-electron chi connectivity index (χ3n) is 3.91. The van der Waals surface area contributed by atoms with E-state index in [0.29, 0.717) is 6.10 Å². The summed E-state index contributed by atoms with van der Waals surface area (Å²) in [5, 5.41) is 3.13. The molecule has 1 N–H and O–H groups in total. The van der Waals surface area contributed by atoms with E-state index < -0.39 is 0 Å². The predicted molar refractivity (Wildman–Crippen MR) is 64.6 cm³/mol. The quantitative estimate of drug-likeness (QED) is 0.780. The SMILES string of the molecule is CNCC(C)OCC1CCC2(CCCC2)O1. The van der Waals surface area contributed by atoms with Crippen molar-refractivity contribution in [2.75, 3.05) is 20.2 Å². The maximum atomic E-state index is 6.19. The normalized spacial score (nSPS) is 30.0. The summed E-state index contributed by atoms with van der Waals surface area (Å²) in [4.78, 5) is 0. The van der Waals surface area contributed by atoms with Crippen molar-refractivity contribution in [2.45, 2.75) is 63.3 Å². The van der Waals surface area contributed by atoms with Gasteiger partial charge < -0.3 is 14.8 Å². The van der Waals surface area contributed by atoms with Crippen LogP contribution in [0.5, 0.6) is 0 Å². The van der Waals surface area contributed by atoms with E-state index in [0.717, 1.165) is 13.2 Å². The summed E-state index contributed by atoms with van der Waals surface area (Å²) in [5.74, 6) is 0. The summed E-state index contributed by atoms with van der Waals surface area (Å²) in [6.45, 7) is 3.79. The monoisotopic (exact) mass is 227 g/mol. The molecule has 16 heavy (non-hydrogen) atoms. The lowest BCUT2D eigenvalue weighted by Gasteiger charge is -2.24. The van der Waals surface area contributed by atoms with Gasteiger partial charge in [0, 0.05) is 6.54 Å². The van der Waals surface area contributed by atoms with E-state index in [1.165, 1.54) is 38.5 Å². The van der Waals surface area contributed by atoms with Gasteiger partial charge >= 0.3 is 0 Å². The van der Waals surface area contributed by atoms with Gasteiger partial charge in [-0.2, -0.15) is 0 Å². The molecule has 2 aliphatic rings. The van der Waals surface area contributed by atoms with Crippen molar-refractivity contribution >= 4 is 0 Å². The lowest BCUT2D eigenvalue weighted by Crippen LogP contribution is -2.30. The number of hydrogen-bond donors (Lipinski definition) is 1. The predicted octanol–water partition coefficient (Wildman–Crippen LogP) is 2.10. The van der Waals surface area contributed by atoms with Crippen LogP contribution in [0.15, 0.2) is 0 Å². The number of hydrogen-bond acceptors (Lipinski definition) is 3. The Bertz CT molecular complexity index is 214. The van der Waals surface area contributed by atoms with Gasteiger partial charge in [0.25, 0.3) is 0 Å². The Morgan fingerprint density at radius 2 is 2.12 bits per heavy atom. The molecule has 1 saturated heterocycles. The van der Waals surface area contributed by atoms with Crippen LogP contribution in [0.3, 0.4) is 0 Å². The highest BCUT2D eigenvalue weighted by molar-refractivity contribution is 4.92. The first-order valence-corrected chi connectivity index (χ1v) is 6.68. The Morgan fingerprint density at radius 1 is 1.38 bits per heavy atom. The number of likely N-dealkylation sites (N-methyl/N-ethyl adjacent to an activating group) is 1. The Morgan fingerprint density at radius 3 is 2.81 bits per heavy atom. The minimum absolute atomic E-state index is 0.250. The van der Waals surface area contributed by atoms with Crippen molar-refractivity contribution in [3.8, 4) is 0 Å². The van der Waals surface area contributed by atoms with E-state index >= 15 is 0 Å². The molecule has 0 aromatic carbocycles. The highest BCUT2D eigenvalue weighted by Crippen LogP contribution is 2.43. The van der Waals surface area contributed by atoms with Crippen molar-refractivity contribution in [2.24, 2.45) is 0 Å². The van der Waals surface area contributed by atoms with Crippen LogP contribution in [0.2, 0.25) is 0 Å². The molecule has 0 aromatic rings. The molecule has 94 valence electrons. The van der Waals surface area contributed by atoms with Crippen molar-refractivity contribution in [1.29, 1.82) is 0 Å². The van der Waals surface area contributed by atoms with Gasteiger partial charge in [-0.3, -0.25) is 0 Å². The summed E-state index contributed by atoms with van der Waals surface area (Å²) in [5.41, 5.74) is 0.250. The Hall–Kier alpha value is -0.120. The van der Waals surface area contributed by atoms with Gasteiger partial charge in [0.1, 0.15) is 0 Å². The molecule has 1 saturated carbocycles. The summed E-state index contributed by atoms with van der Waals surface area (Å²) in [7, 11) is 1.96. The zero-order valence-electron chi connectivity index (χ0n) is 10.6. The molecule has 0 amide bonds. The fourth-order valence-electron chi connectivity index (χ4n) is 3.02. The van der Waals surface area contributed by atoms with Gasteiger partial charge in [0.15, 0.2) is 0 Å². The zero-order chi connectivity index (χ0) is 11.4. The van der Waals surface area contributed by atoms with E-state index in [4.69, 9.17) is 9.47 Å². The van der Waals surface area contributed by atoms with Crippen LogP contribution in [0.1, 0.15) is 45.4 Å². The molecule has 3 nitrogen and oxygen atoms in total. The maximum absolute atomic E-state index is 6.19. The Labute approximate surface area is 98.9 Å². The Kier molecular flexibility index (Phi) is 4.22. The molecule has 1 aliphatic heterocycles. The van der Waals surface area contributed by atoms with Gasteiger partial charge in [-0.1, -0.05) is 12.8 Å². The van der Waals surface area contributed by atoms with Crippen LogP contribution in [-0.4, -0.2) is 38.0 Å². The van der Waals surface area contributed by atoms with Gasteiger partial charge in [-0.15, -0.1) is 0 Å². The zero-order valence-corrected chi connectivity index (χ0v) is 10.6. The molecule has 1 aliphatic carbocycles. The molecule has 1 heterocycles. The largest absolute Gasteiger partial charge is 0.374 e. The third kappa shape index (κ3) is 2.96. The molecular weight excluding hydrogens is 202 g/mol. The minimum Gasteiger partial charge on any atom is -0.374 e. The molecule has 2 fully saturated rings. The second-order valence-corrected chi connectivity index (χ2v) is 5.37. The average Bonchev–Trinajstić information content (AvgIpc) is 2.88. The van der Waals surface area contributed by atoms with Crippen LogP contribution >= 0.6 is 0 Å². The fraction of sp³-hybridized carbons (Fsp3) is 1.00. The minimum atomic E-state index is 0.250. The first kappa shape index (κ1) is 12.3. The van der Waals surface area contributed by atoms with Gasteiger partial charge in [-0.25, -0.2) is 0 Å². The topological polar surface area (TPSA) is 30.5 Å².